The lowest BCUT2D eigenvalue weighted by Crippen LogP contribution is -2.07. The highest BCUT2D eigenvalue weighted by Crippen LogP contribution is 2.37. The van der Waals surface area contributed by atoms with Crippen molar-refractivity contribution in [1.29, 1.82) is 0 Å². The van der Waals surface area contributed by atoms with Gasteiger partial charge in [0.25, 0.3) is 5.69 Å². The lowest BCUT2D eigenvalue weighted by molar-refractivity contribution is -0.383. The minimum Gasteiger partial charge on any atom is -0.331 e. The third-order valence-corrected chi connectivity index (χ3v) is 4.23. The van der Waals surface area contributed by atoms with Gasteiger partial charge in [-0.15, -0.1) is 0 Å². The van der Waals surface area contributed by atoms with Gasteiger partial charge in [-0.3, -0.25) is 10.1 Å². The Bertz CT molecular complexity index is 614. The molecule has 1 heterocycles. The predicted molar refractivity (Wildman–Crippen MR) is 78.2 cm³/mol. The van der Waals surface area contributed by atoms with Gasteiger partial charge in [-0.25, -0.2) is 4.98 Å². The maximum absolute atomic E-state index is 11.0. The van der Waals surface area contributed by atoms with Crippen molar-refractivity contribution in [3.8, 4) is 0 Å². The van der Waals surface area contributed by atoms with Crippen LogP contribution in [0, 0.1) is 10.1 Å². The van der Waals surface area contributed by atoms with Crippen molar-refractivity contribution >= 4 is 30.3 Å². The quantitative estimate of drug-likeness (QED) is 0.465. The van der Waals surface area contributed by atoms with Crippen LogP contribution in [0.25, 0.3) is 10.9 Å². The van der Waals surface area contributed by atoms with Crippen LogP contribution in [0.4, 0.5) is 5.69 Å². The molecule has 1 aromatic heterocycles. The number of nitro groups is 1. The van der Waals surface area contributed by atoms with E-state index in [0.29, 0.717) is 24.1 Å². The Balaban J connectivity index is 2.45. The molecular formula is C13H15N2O4P. The van der Waals surface area contributed by atoms with E-state index in [1.54, 1.807) is 18.3 Å². The lowest BCUT2D eigenvalue weighted by Gasteiger charge is -2.15. The van der Waals surface area contributed by atoms with Gasteiger partial charge in [0.2, 0.25) is 8.38 Å². The standard InChI is InChI=1S/C13H15N2O4P/c1-3-18-20(19-4-2)11-8-10-6-5-7-12(15(16)17)13(10)14-9-11/h5-9H,3-4H2,1-2H3. The van der Waals surface area contributed by atoms with Gasteiger partial charge in [-0.2, -0.15) is 0 Å². The molecule has 0 unspecified atom stereocenters. The number of rotatable bonds is 6. The zero-order chi connectivity index (χ0) is 14.5. The second-order valence-corrected chi connectivity index (χ2v) is 5.44. The van der Waals surface area contributed by atoms with Crippen LogP contribution in [0.2, 0.25) is 0 Å². The Morgan fingerprint density at radius 1 is 1.30 bits per heavy atom. The first-order valence-corrected chi connectivity index (χ1v) is 7.44. The summed E-state index contributed by atoms with van der Waals surface area (Å²) < 4.78 is 11.1. The Morgan fingerprint density at radius 2 is 2.00 bits per heavy atom. The summed E-state index contributed by atoms with van der Waals surface area (Å²) in [5.41, 5.74) is 0.385. The molecule has 0 aliphatic heterocycles. The molecule has 0 saturated heterocycles. The fraction of sp³-hybridized carbons (Fsp3) is 0.308. The monoisotopic (exact) mass is 294 g/mol. The summed E-state index contributed by atoms with van der Waals surface area (Å²) in [5.74, 6) is 0. The molecule has 0 saturated carbocycles. The largest absolute Gasteiger partial charge is 0.331 e. The summed E-state index contributed by atoms with van der Waals surface area (Å²) in [5, 5.41) is 12.5. The second kappa shape index (κ2) is 6.70. The molecule has 0 atom stereocenters. The average molecular weight is 294 g/mol. The van der Waals surface area contributed by atoms with Crippen LogP contribution in [0.1, 0.15) is 13.8 Å². The molecule has 0 radical (unpaired) electrons. The molecule has 0 N–H and O–H groups in total. The van der Waals surface area contributed by atoms with Crippen molar-refractivity contribution in [2.24, 2.45) is 0 Å². The van der Waals surface area contributed by atoms with E-state index in [-0.39, 0.29) is 5.69 Å². The van der Waals surface area contributed by atoms with Gasteiger partial charge in [0, 0.05) is 23.0 Å². The van der Waals surface area contributed by atoms with E-state index in [9.17, 15) is 10.1 Å². The average Bonchev–Trinajstić information content (AvgIpc) is 2.45. The van der Waals surface area contributed by atoms with E-state index >= 15 is 0 Å². The van der Waals surface area contributed by atoms with Crippen molar-refractivity contribution in [3.63, 3.8) is 0 Å². The SMILES string of the molecule is CCOP(OCC)c1cnc2c([N+](=O)[O-])cccc2c1. The number of benzene rings is 1. The lowest BCUT2D eigenvalue weighted by atomic mass is 10.2. The molecule has 6 nitrogen and oxygen atoms in total. The fourth-order valence-electron chi connectivity index (χ4n) is 1.80. The Kier molecular flexibility index (Phi) is 4.95. The van der Waals surface area contributed by atoms with Crippen molar-refractivity contribution in [3.05, 3.63) is 40.6 Å². The molecule has 0 amide bonds. The number of non-ortho nitro benzene ring substituents is 1. The van der Waals surface area contributed by atoms with Crippen LogP contribution >= 0.6 is 8.38 Å². The Morgan fingerprint density at radius 3 is 2.60 bits per heavy atom. The number of fused-ring (bicyclic) bond motifs is 1. The smallest absolute Gasteiger partial charge is 0.295 e. The number of hydrogen-bond donors (Lipinski definition) is 0. The van der Waals surface area contributed by atoms with E-state index < -0.39 is 13.3 Å². The van der Waals surface area contributed by atoms with Gasteiger partial charge in [-0.05, 0) is 19.9 Å². The van der Waals surface area contributed by atoms with Gasteiger partial charge in [-0.1, -0.05) is 12.1 Å². The number of para-hydroxylation sites is 1. The summed E-state index contributed by atoms with van der Waals surface area (Å²) in [4.78, 5) is 14.7. The molecule has 20 heavy (non-hydrogen) atoms. The predicted octanol–water partition coefficient (Wildman–Crippen LogP) is 3.15. The number of nitrogens with zero attached hydrogens (tertiary/aromatic N) is 2. The highest BCUT2D eigenvalue weighted by molar-refractivity contribution is 7.56. The van der Waals surface area contributed by atoms with Crippen molar-refractivity contribution in [2.75, 3.05) is 13.2 Å². The molecule has 0 aliphatic rings. The minimum atomic E-state index is -1.19. The van der Waals surface area contributed by atoms with E-state index in [1.807, 2.05) is 19.9 Å². The van der Waals surface area contributed by atoms with Crippen molar-refractivity contribution < 1.29 is 14.0 Å². The molecule has 0 spiro atoms. The fourth-order valence-corrected chi connectivity index (χ4v) is 3.04. The highest BCUT2D eigenvalue weighted by atomic mass is 31.2. The Hall–Kier alpha value is -1.62. The van der Waals surface area contributed by atoms with Crippen molar-refractivity contribution in [2.45, 2.75) is 13.8 Å². The summed E-state index contributed by atoms with van der Waals surface area (Å²) in [6.07, 6.45) is 1.59. The summed E-state index contributed by atoms with van der Waals surface area (Å²) in [6, 6.07) is 6.73. The van der Waals surface area contributed by atoms with Crippen LogP contribution in [-0.2, 0) is 9.05 Å². The zero-order valence-corrected chi connectivity index (χ0v) is 12.2. The molecule has 1 aromatic carbocycles. The van der Waals surface area contributed by atoms with Gasteiger partial charge in [0.15, 0.2) is 0 Å². The van der Waals surface area contributed by atoms with Crippen LogP contribution in [0.15, 0.2) is 30.5 Å². The number of aromatic nitrogens is 1. The maximum atomic E-state index is 11.0. The van der Waals surface area contributed by atoms with E-state index in [1.165, 1.54) is 6.07 Å². The molecule has 0 fully saturated rings. The first kappa shape index (κ1) is 14.8. The topological polar surface area (TPSA) is 74.5 Å². The molecule has 2 aromatic rings. The van der Waals surface area contributed by atoms with E-state index in [4.69, 9.17) is 9.05 Å². The van der Waals surface area contributed by atoms with E-state index in [2.05, 4.69) is 4.98 Å². The summed E-state index contributed by atoms with van der Waals surface area (Å²) >= 11 is 0. The van der Waals surface area contributed by atoms with Crippen LogP contribution in [-0.4, -0.2) is 23.1 Å². The van der Waals surface area contributed by atoms with Crippen molar-refractivity contribution in [1.82, 2.24) is 4.98 Å². The first-order chi connectivity index (χ1) is 9.67. The van der Waals surface area contributed by atoms with Gasteiger partial charge in [0.1, 0.15) is 5.52 Å². The van der Waals surface area contributed by atoms with Gasteiger partial charge in [0.05, 0.1) is 18.1 Å². The Labute approximate surface area is 117 Å². The number of nitro benzene ring substituents is 1. The maximum Gasteiger partial charge on any atom is 0.295 e. The van der Waals surface area contributed by atoms with Crippen LogP contribution in [0.3, 0.4) is 0 Å². The first-order valence-electron chi connectivity index (χ1n) is 6.26. The molecule has 7 heteroatoms. The third kappa shape index (κ3) is 3.10. The zero-order valence-electron chi connectivity index (χ0n) is 11.3. The van der Waals surface area contributed by atoms with Gasteiger partial charge < -0.3 is 9.05 Å². The molecule has 2 rings (SSSR count). The molecule has 0 bridgehead atoms. The third-order valence-electron chi connectivity index (χ3n) is 2.58. The van der Waals surface area contributed by atoms with Gasteiger partial charge >= 0.3 is 0 Å². The number of pyridine rings is 1. The summed E-state index contributed by atoms with van der Waals surface area (Å²) in [7, 11) is -1.19. The highest BCUT2D eigenvalue weighted by Gasteiger charge is 2.17. The molecular weight excluding hydrogens is 279 g/mol. The molecule has 106 valence electrons. The number of hydrogen-bond acceptors (Lipinski definition) is 5. The normalized spacial score (nSPS) is 11.2. The molecule has 0 aliphatic carbocycles. The summed E-state index contributed by atoms with van der Waals surface area (Å²) in [6.45, 7) is 4.87. The van der Waals surface area contributed by atoms with E-state index in [0.717, 1.165) is 5.30 Å². The van der Waals surface area contributed by atoms with Crippen LogP contribution < -0.4 is 5.30 Å². The minimum absolute atomic E-state index is 0.00574. The second-order valence-electron chi connectivity index (χ2n) is 3.89. The van der Waals surface area contributed by atoms with Crippen LogP contribution in [0.5, 0.6) is 0 Å².